The number of hydrogen-bond donors (Lipinski definition) is 4. The van der Waals surface area contributed by atoms with Crippen molar-refractivity contribution in [1.82, 2.24) is 9.78 Å². The molecular weight excluding hydrogens is 340 g/mol. The van der Waals surface area contributed by atoms with Crippen LogP contribution in [0.25, 0.3) is 10.9 Å². The summed E-state index contributed by atoms with van der Waals surface area (Å²) in [7, 11) is 1.48. The number of aromatic hydroxyl groups is 1. The van der Waals surface area contributed by atoms with Crippen molar-refractivity contribution >= 4 is 10.9 Å². The van der Waals surface area contributed by atoms with Crippen molar-refractivity contribution in [2.24, 2.45) is 5.92 Å². The van der Waals surface area contributed by atoms with Crippen LogP contribution in [0, 0.1) is 5.92 Å². The fourth-order valence-electron chi connectivity index (χ4n) is 3.36. The standard InChI is InChI=1S/C18H24N2O6/c1-9-6-12(10(2)18(26-9)16(23)13(22)8-21)20-7-11-4-5-14(25-3)17(24)15(11)19-20/h4-7,10,12-13,16,18,21-24H,8H2,1-3H3/t10-,12+,13?,16?,18-/m1/s1. The summed E-state index contributed by atoms with van der Waals surface area (Å²) >= 11 is 0. The molecule has 8 heteroatoms. The van der Waals surface area contributed by atoms with Gasteiger partial charge in [-0.15, -0.1) is 0 Å². The molecule has 0 aliphatic carbocycles. The van der Waals surface area contributed by atoms with Gasteiger partial charge in [-0.25, -0.2) is 0 Å². The topological polar surface area (TPSA) is 117 Å². The minimum atomic E-state index is -1.29. The number of fused-ring (bicyclic) bond motifs is 1. The predicted molar refractivity (Wildman–Crippen MR) is 93.9 cm³/mol. The lowest BCUT2D eigenvalue weighted by Gasteiger charge is -2.38. The van der Waals surface area contributed by atoms with Crippen molar-refractivity contribution in [1.29, 1.82) is 0 Å². The molecule has 0 amide bonds. The van der Waals surface area contributed by atoms with E-state index in [-0.39, 0.29) is 17.7 Å². The maximum absolute atomic E-state index is 10.3. The summed E-state index contributed by atoms with van der Waals surface area (Å²) < 4.78 is 12.5. The zero-order chi connectivity index (χ0) is 19.0. The van der Waals surface area contributed by atoms with Crippen LogP contribution in [0.1, 0.15) is 19.9 Å². The maximum atomic E-state index is 10.3. The van der Waals surface area contributed by atoms with E-state index in [1.807, 2.05) is 13.0 Å². The van der Waals surface area contributed by atoms with Crippen molar-refractivity contribution < 1.29 is 29.9 Å². The van der Waals surface area contributed by atoms with Gasteiger partial charge in [0.2, 0.25) is 0 Å². The van der Waals surface area contributed by atoms with Gasteiger partial charge < -0.3 is 29.9 Å². The van der Waals surface area contributed by atoms with Gasteiger partial charge in [0.1, 0.15) is 23.8 Å². The second kappa shape index (κ2) is 7.14. The van der Waals surface area contributed by atoms with E-state index in [4.69, 9.17) is 14.6 Å². The molecule has 0 saturated heterocycles. The third-order valence-electron chi connectivity index (χ3n) is 4.86. The summed E-state index contributed by atoms with van der Waals surface area (Å²) in [6.45, 7) is 3.08. The number of phenolic OH excluding ortho intramolecular Hbond substituents is 1. The molecule has 1 aromatic heterocycles. The van der Waals surface area contributed by atoms with Gasteiger partial charge in [0, 0.05) is 17.5 Å². The minimum Gasteiger partial charge on any atom is -0.503 e. The van der Waals surface area contributed by atoms with Gasteiger partial charge in [-0.1, -0.05) is 6.92 Å². The Morgan fingerprint density at radius 3 is 2.73 bits per heavy atom. The Labute approximate surface area is 150 Å². The van der Waals surface area contributed by atoms with Gasteiger partial charge in [0.05, 0.1) is 25.5 Å². The van der Waals surface area contributed by atoms with Gasteiger partial charge in [-0.3, -0.25) is 4.68 Å². The van der Waals surface area contributed by atoms with Gasteiger partial charge in [0.15, 0.2) is 11.5 Å². The van der Waals surface area contributed by atoms with E-state index in [1.165, 1.54) is 7.11 Å². The highest BCUT2D eigenvalue weighted by Gasteiger charge is 2.39. The van der Waals surface area contributed by atoms with E-state index < -0.39 is 24.9 Å². The molecule has 0 fully saturated rings. The SMILES string of the molecule is COc1ccc2cn([C@H]3C=C(C)O[C@@H](C(O)C(O)CO)[C@@H]3C)nc2c1O. The number of aliphatic hydroxyl groups is 3. The number of nitrogens with zero attached hydrogens (tertiary/aromatic N) is 2. The molecule has 5 atom stereocenters. The number of allylic oxidation sites excluding steroid dienone is 2. The number of hydrogen-bond acceptors (Lipinski definition) is 7. The zero-order valence-electron chi connectivity index (χ0n) is 14.9. The van der Waals surface area contributed by atoms with Crippen molar-refractivity contribution in [3.63, 3.8) is 0 Å². The monoisotopic (exact) mass is 364 g/mol. The second-order valence-corrected chi connectivity index (χ2v) is 6.61. The quantitative estimate of drug-likeness (QED) is 0.624. The first-order valence-corrected chi connectivity index (χ1v) is 8.44. The lowest BCUT2D eigenvalue weighted by atomic mass is 9.87. The molecule has 8 nitrogen and oxygen atoms in total. The van der Waals surface area contributed by atoms with Crippen molar-refractivity contribution in [3.8, 4) is 11.5 Å². The van der Waals surface area contributed by atoms with Crippen molar-refractivity contribution in [3.05, 3.63) is 30.2 Å². The molecule has 1 aliphatic heterocycles. The normalized spacial score (nSPS) is 25.5. The number of aromatic nitrogens is 2. The Bertz CT molecular complexity index is 817. The molecule has 142 valence electrons. The molecule has 2 heterocycles. The zero-order valence-corrected chi connectivity index (χ0v) is 14.9. The smallest absolute Gasteiger partial charge is 0.186 e. The van der Waals surface area contributed by atoms with Crippen LogP contribution in [0.3, 0.4) is 0 Å². The van der Waals surface area contributed by atoms with Gasteiger partial charge in [0.25, 0.3) is 0 Å². The largest absolute Gasteiger partial charge is 0.503 e. The van der Waals surface area contributed by atoms with E-state index in [0.717, 1.165) is 5.39 Å². The Balaban J connectivity index is 1.98. The highest BCUT2D eigenvalue weighted by molar-refractivity contribution is 5.86. The van der Waals surface area contributed by atoms with Crippen LogP contribution in [0.15, 0.2) is 30.2 Å². The maximum Gasteiger partial charge on any atom is 0.186 e. The molecule has 26 heavy (non-hydrogen) atoms. The van der Waals surface area contributed by atoms with Crippen LogP contribution in [-0.4, -0.2) is 62.2 Å². The molecule has 2 unspecified atom stereocenters. The first-order chi connectivity index (χ1) is 12.4. The van der Waals surface area contributed by atoms with E-state index in [1.54, 1.807) is 29.9 Å². The third-order valence-corrected chi connectivity index (χ3v) is 4.86. The van der Waals surface area contributed by atoms with E-state index >= 15 is 0 Å². The predicted octanol–water partition coefficient (Wildman–Crippen LogP) is 0.944. The summed E-state index contributed by atoms with van der Waals surface area (Å²) in [5.41, 5.74) is 0.418. The fourth-order valence-corrected chi connectivity index (χ4v) is 3.36. The Hall–Kier alpha value is -2.29. The van der Waals surface area contributed by atoms with E-state index in [0.29, 0.717) is 17.0 Å². The number of ether oxygens (including phenoxy) is 2. The molecule has 3 rings (SSSR count). The average Bonchev–Trinajstić information content (AvgIpc) is 3.07. The van der Waals surface area contributed by atoms with Gasteiger partial charge in [-0.05, 0) is 25.1 Å². The molecule has 0 radical (unpaired) electrons. The Morgan fingerprint density at radius 1 is 1.35 bits per heavy atom. The molecule has 0 spiro atoms. The van der Waals surface area contributed by atoms with Crippen LogP contribution in [-0.2, 0) is 4.74 Å². The first kappa shape index (κ1) is 18.5. The number of benzene rings is 1. The Morgan fingerprint density at radius 2 is 2.08 bits per heavy atom. The lowest BCUT2D eigenvalue weighted by Crippen LogP contribution is -2.47. The summed E-state index contributed by atoms with van der Waals surface area (Å²) in [6.07, 6.45) is 0.442. The van der Waals surface area contributed by atoms with Gasteiger partial charge in [-0.2, -0.15) is 5.10 Å². The van der Waals surface area contributed by atoms with Crippen molar-refractivity contribution in [2.45, 2.75) is 38.2 Å². The van der Waals surface area contributed by atoms with Crippen molar-refractivity contribution in [2.75, 3.05) is 13.7 Å². The molecule has 1 aromatic carbocycles. The van der Waals surface area contributed by atoms with Crippen LogP contribution in [0.4, 0.5) is 0 Å². The molecular formula is C18H24N2O6. The fraction of sp³-hybridized carbons (Fsp3) is 0.500. The minimum absolute atomic E-state index is 0.0311. The lowest BCUT2D eigenvalue weighted by molar-refractivity contribution is -0.113. The summed E-state index contributed by atoms with van der Waals surface area (Å²) in [6, 6.07) is 3.22. The Kier molecular flexibility index (Phi) is 5.08. The van der Waals surface area contributed by atoms with Crippen LogP contribution < -0.4 is 4.74 Å². The highest BCUT2D eigenvalue weighted by Crippen LogP contribution is 2.37. The molecule has 2 aromatic rings. The molecule has 0 saturated carbocycles. The summed E-state index contributed by atoms with van der Waals surface area (Å²) in [4.78, 5) is 0. The number of methoxy groups -OCH3 is 1. The number of rotatable bonds is 5. The third kappa shape index (κ3) is 3.11. The van der Waals surface area contributed by atoms with E-state index in [2.05, 4.69) is 5.10 Å². The molecule has 0 bridgehead atoms. The highest BCUT2D eigenvalue weighted by atomic mass is 16.5. The molecule has 1 aliphatic rings. The summed E-state index contributed by atoms with van der Waals surface area (Å²) in [5, 5.41) is 44.7. The van der Waals surface area contributed by atoms with Crippen LogP contribution >= 0.6 is 0 Å². The first-order valence-electron chi connectivity index (χ1n) is 8.44. The number of phenols is 1. The summed E-state index contributed by atoms with van der Waals surface area (Å²) in [5.74, 6) is 0.655. The second-order valence-electron chi connectivity index (χ2n) is 6.61. The van der Waals surface area contributed by atoms with Crippen LogP contribution in [0.2, 0.25) is 0 Å². The molecule has 4 N–H and O–H groups in total. The number of aliphatic hydroxyl groups excluding tert-OH is 3. The van der Waals surface area contributed by atoms with E-state index in [9.17, 15) is 15.3 Å². The van der Waals surface area contributed by atoms with Crippen LogP contribution in [0.5, 0.6) is 11.5 Å². The average molecular weight is 364 g/mol. The van der Waals surface area contributed by atoms with Gasteiger partial charge >= 0.3 is 0 Å².